The van der Waals surface area contributed by atoms with Crippen LogP contribution in [0.3, 0.4) is 0 Å². The van der Waals surface area contributed by atoms with Gasteiger partial charge in [-0.15, -0.1) is 0 Å². The normalized spacial score (nSPS) is 15.8. The summed E-state index contributed by atoms with van der Waals surface area (Å²) in [5, 5.41) is 3.37. The monoisotopic (exact) mass is 276 g/mol. The number of rotatable bonds is 6. The van der Waals surface area contributed by atoms with Gasteiger partial charge in [0.05, 0.1) is 0 Å². The van der Waals surface area contributed by atoms with Gasteiger partial charge in [-0.25, -0.2) is 9.97 Å². The Labute approximate surface area is 123 Å². The summed E-state index contributed by atoms with van der Waals surface area (Å²) in [6.07, 6.45) is 7.20. The van der Waals surface area contributed by atoms with Crippen LogP contribution < -0.4 is 10.2 Å². The van der Waals surface area contributed by atoms with Crippen molar-refractivity contribution in [2.75, 3.05) is 30.4 Å². The second-order valence-corrected chi connectivity index (χ2v) is 6.18. The molecular weight excluding hydrogens is 248 g/mol. The standard InChI is InChI=1S/C16H28N4/c1-5-17-15-14(12(2)3)16(19-11-18-15)20(4)10-13-8-6-7-9-13/h11-13H,5-10H2,1-4H3,(H,17,18,19). The fourth-order valence-electron chi connectivity index (χ4n) is 3.20. The number of nitrogens with one attached hydrogen (secondary N) is 1. The predicted octanol–water partition coefficient (Wildman–Crippen LogP) is 3.66. The van der Waals surface area contributed by atoms with Crippen LogP contribution in [0.2, 0.25) is 0 Å². The highest BCUT2D eigenvalue weighted by molar-refractivity contribution is 5.60. The molecule has 0 amide bonds. The number of hydrogen-bond acceptors (Lipinski definition) is 4. The van der Waals surface area contributed by atoms with E-state index in [1.807, 2.05) is 0 Å². The molecule has 4 nitrogen and oxygen atoms in total. The number of nitrogens with zero attached hydrogens (tertiary/aromatic N) is 3. The molecule has 0 aliphatic heterocycles. The summed E-state index contributed by atoms with van der Waals surface area (Å²) in [6, 6.07) is 0. The Kier molecular flexibility index (Phi) is 5.21. The molecule has 1 saturated carbocycles. The first-order chi connectivity index (χ1) is 9.63. The van der Waals surface area contributed by atoms with E-state index < -0.39 is 0 Å². The molecule has 20 heavy (non-hydrogen) atoms. The van der Waals surface area contributed by atoms with Gasteiger partial charge in [0, 0.05) is 25.7 Å². The molecule has 112 valence electrons. The van der Waals surface area contributed by atoms with Crippen molar-refractivity contribution in [3.63, 3.8) is 0 Å². The van der Waals surface area contributed by atoms with Crippen LogP contribution in [0, 0.1) is 5.92 Å². The largest absolute Gasteiger partial charge is 0.370 e. The van der Waals surface area contributed by atoms with Crippen LogP contribution in [0.15, 0.2) is 6.33 Å². The minimum absolute atomic E-state index is 0.422. The Morgan fingerprint density at radius 3 is 2.60 bits per heavy atom. The second kappa shape index (κ2) is 6.91. The lowest BCUT2D eigenvalue weighted by atomic mass is 10.0. The zero-order valence-corrected chi connectivity index (χ0v) is 13.3. The average molecular weight is 276 g/mol. The number of anilines is 2. The first-order valence-electron chi connectivity index (χ1n) is 7.93. The molecule has 1 aliphatic rings. The van der Waals surface area contributed by atoms with Crippen LogP contribution in [0.5, 0.6) is 0 Å². The van der Waals surface area contributed by atoms with E-state index >= 15 is 0 Å². The van der Waals surface area contributed by atoms with Gasteiger partial charge < -0.3 is 10.2 Å². The first kappa shape index (κ1) is 15.1. The Hall–Kier alpha value is -1.32. The maximum absolute atomic E-state index is 4.56. The van der Waals surface area contributed by atoms with Gasteiger partial charge in [0.25, 0.3) is 0 Å². The smallest absolute Gasteiger partial charge is 0.137 e. The van der Waals surface area contributed by atoms with E-state index in [0.29, 0.717) is 5.92 Å². The van der Waals surface area contributed by atoms with Gasteiger partial charge in [0.15, 0.2) is 0 Å². The SMILES string of the molecule is CCNc1ncnc(N(C)CC2CCCC2)c1C(C)C. The molecule has 0 radical (unpaired) electrons. The predicted molar refractivity (Wildman–Crippen MR) is 85.5 cm³/mol. The van der Waals surface area contributed by atoms with Gasteiger partial charge in [0.1, 0.15) is 18.0 Å². The van der Waals surface area contributed by atoms with Gasteiger partial charge in [0.2, 0.25) is 0 Å². The lowest BCUT2D eigenvalue weighted by molar-refractivity contribution is 0.543. The van der Waals surface area contributed by atoms with E-state index in [0.717, 1.165) is 30.6 Å². The molecule has 0 aromatic carbocycles. The third-order valence-corrected chi connectivity index (χ3v) is 4.15. The summed E-state index contributed by atoms with van der Waals surface area (Å²) in [4.78, 5) is 11.3. The van der Waals surface area contributed by atoms with Gasteiger partial charge in [-0.3, -0.25) is 0 Å². The molecule has 1 heterocycles. The molecule has 0 bridgehead atoms. The van der Waals surface area contributed by atoms with Crippen LogP contribution in [0.1, 0.15) is 57.9 Å². The molecule has 0 atom stereocenters. The van der Waals surface area contributed by atoms with Crippen LogP contribution in [0.25, 0.3) is 0 Å². The molecule has 0 saturated heterocycles. The van der Waals surface area contributed by atoms with Crippen LogP contribution >= 0.6 is 0 Å². The summed E-state index contributed by atoms with van der Waals surface area (Å²) in [5.41, 5.74) is 1.25. The Morgan fingerprint density at radius 1 is 1.30 bits per heavy atom. The molecule has 1 aromatic rings. The Bertz CT molecular complexity index is 424. The van der Waals surface area contributed by atoms with Gasteiger partial charge >= 0.3 is 0 Å². The maximum Gasteiger partial charge on any atom is 0.137 e. The van der Waals surface area contributed by atoms with E-state index in [1.54, 1.807) is 6.33 Å². The fraction of sp³-hybridized carbons (Fsp3) is 0.750. The van der Waals surface area contributed by atoms with Gasteiger partial charge in [-0.05, 0) is 31.6 Å². The van der Waals surface area contributed by atoms with Crippen LogP contribution in [0.4, 0.5) is 11.6 Å². The lowest BCUT2D eigenvalue weighted by Gasteiger charge is -2.26. The van der Waals surface area contributed by atoms with Crippen molar-refractivity contribution in [2.45, 2.75) is 52.4 Å². The summed E-state index contributed by atoms with van der Waals surface area (Å²) < 4.78 is 0. The van der Waals surface area contributed by atoms with Crippen LogP contribution in [-0.2, 0) is 0 Å². The minimum Gasteiger partial charge on any atom is -0.370 e. The maximum atomic E-state index is 4.56. The molecule has 0 unspecified atom stereocenters. The van der Waals surface area contributed by atoms with Crippen LogP contribution in [-0.4, -0.2) is 30.1 Å². The van der Waals surface area contributed by atoms with Crippen molar-refractivity contribution >= 4 is 11.6 Å². The van der Waals surface area contributed by atoms with Gasteiger partial charge in [-0.1, -0.05) is 26.7 Å². The van der Waals surface area contributed by atoms with Crippen molar-refractivity contribution in [2.24, 2.45) is 5.92 Å². The molecule has 2 rings (SSSR count). The summed E-state index contributed by atoms with van der Waals surface area (Å²) in [6.45, 7) is 8.54. The molecule has 4 heteroatoms. The third kappa shape index (κ3) is 3.41. The topological polar surface area (TPSA) is 41.1 Å². The Morgan fingerprint density at radius 2 is 2.00 bits per heavy atom. The zero-order chi connectivity index (χ0) is 14.5. The fourth-order valence-corrected chi connectivity index (χ4v) is 3.20. The van der Waals surface area contributed by atoms with Crippen molar-refractivity contribution in [1.82, 2.24) is 9.97 Å². The highest BCUT2D eigenvalue weighted by atomic mass is 15.2. The molecule has 0 spiro atoms. The highest BCUT2D eigenvalue weighted by Gasteiger charge is 2.21. The van der Waals surface area contributed by atoms with Crippen molar-refractivity contribution in [1.29, 1.82) is 0 Å². The van der Waals surface area contributed by atoms with Crippen molar-refractivity contribution < 1.29 is 0 Å². The molecule has 1 N–H and O–H groups in total. The van der Waals surface area contributed by atoms with Gasteiger partial charge in [-0.2, -0.15) is 0 Å². The Balaban J connectivity index is 2.22. The highest BCUT2D eigenvalue weighted by Crippen LogP contribution is 2.32. The van der Waals surface area contributed by atoms with E-state index in [9.17, 15) is 0 Å². The van der Waals surface area contributed by atoms with E-state index in [2.05, 4.69) is 48.0 Å². The van der Waals surface area contributed by atoms with E-state index in [1.165, 1.54) is 31.2 Å². The number of aromatic nitrogens is 2. The summed E-state index contributed by atoms with van der Waals surface area (Å²) in [7, 11) is 2.17. The minimum atomic E-state index is 0.422. The number of hydrogen-bond donors (Lipinski definition) is 1. The molecule has 1 aliphatic carbocycles. The van der Waals surface area contributed by atoms with Crippen molar-refractivity contribution in [3.05, 3.63) is 11.9 Å². The molecule has 1 fully saturated rings. The van der Waals surface area contributed by atoms with E-state index in [-0.39, 0.29) is 0 Å². The van der Waals surface area contributed by atoms with E-state index in [4.69, 9.17) is 0 Å². The zero-order valence-electron chi connectivity index (χ0n) is 13.3. The summed E-state index contributed by atoms with van der Waals surface area (Å²) >= 11 is 0. The molecular formula is C16H28N4. The molecule has 1 aromatic heterocycles. The first-order valence-corrected chi connectivity index (χ1v) is 7.93. The average Bonchev–Trinajstić information content (AvgIpc) is 2.91. The quantitative estimate of drug-likeness (QED) is 0.861. The summed E-state index contributed by atoms with van der Waals surface area (Å²) in [5.74, 6) is 3.34. The second-order valence-electron chi connectivity index (χ2n) is 6.18. The lowest BCUT2D eigenvalue weighted by Crippen LogP contribution is -2.27. The van der Waals surface area contributed by atoms with Crippen molar-refractivity contribution in [3.8, 4) is 0 Å². The third-order valence-electron chi connectivity index (χ3n) is 4.15.